The molecule has 4 aliphatic heterocycles. The van der Waals surface area contributed by atoms with Crippen LogP contribution in [0.5, 0.6) is 5.75 Å². The number of carbonyl (C=O) groups is 6. The molecule has 0 spiro atoms. The molecule has 1 aromatic heterocycles. The second-order valence-electron chi connectivity index (χ2n) is 16.7. The van der Waals surface area contributed by atoms with Gasteiger partial charge >= 0.3 is 0 Å². The lowest BCUT2D eigenvalue weighted by Crippen LogP contribution is -2.54. The molecule has 346 valence electrons. The van der Waals surface area contributed by atoms with E-state index in [-0.39, 0.29) is 35.2 Å². The van der Waals surface area contributed by atoms with E-state index in [1.807, 2.05) is 17.0 Å². The minimum atomic E-state index is -0.997. The quantitative estimate of drug-likeness (QED) is 0.0512. The fraction of sp³-hybridized carbons (Fsp3) is 0.404. The third kappa shape index (κ3) is 10.7. The average Bonchev–Trinajstić information content (AvgIpc) is 3.57. The number of nitrogens with one attached hydrogen (secondary N) is 3. The van der Waals surface area contributed by atoms with Crippen molar-refractivity contribution < 1.29 is 37.9 Å². The van der Waals surface area contributed by atoms with Crippen LogP contribution in [0, 0.1) is 5.82 Å². The highest BCUT2D eigenvalue weighted by Crippen LogP contribution is 2.36. The number of imide groups is 2. The number of benzene rings is 3. The number of piperidine rings is 2. The van der Waals surface area contributed by atoms with E-state index >= 15 is 0 Å². The number of piperazine rings is 1. The molecule has 5 heterocycles. The predicted molar refractivity (Wildman–Crippen MR) is 248 cm³/mol. The Kier molecular flexibility index (Phi) is 14.9. The number of unbranched alkanes of at least 4 members (excludes halogenated alkanes) is 2. The number of aromatic nitrogens is 2. The Morgan fingerprint density at radius 2 is 1.76 bits per heavy atom. The maximum absolute atomic E-state index is 13.7. The molecule has 0 radical (unpaired) electrons. The van der Waals surface area contributed by atoms with Crippen LogP contribution in [0.4, 0.5) is 21.6 Å². The number of hydrogen-bond acceptors (Lipinski definition) is 13. The molecule has 4 aromatic rings. The number of nitrogens with zero attached hydrogens (tertiary/aromatic N) is 6. The summed E-state index contributed by atoms with van der Waals surface area (Å²) in [5, 5.41) is 8.88. The van der Waals surface area contributed by atoms with Crippen LogP contribution in [-0.4, -0.2) is 136 Å². The zero-order chi connectivity index (χ0) is 46.3. The Morgan fingerprint density at radius 1 is 0.955 bits per heavy atom. The first-order chi connectivity index (χ1) is 32.0. The lowest BCUT2D eigenvalue weighted by atomic mass is 10.0. The Balaban J connectivity index is 0.720. The Morgan fingerprint density at radius 3 is 2.52 bits per heavy atom. The van der Waals surface area contributed by atoms with Gasteiger partial charge in [0.15, 0.2) is 0 Å². The largest absolute Gasteiger partial charge is 0.494 e. The van der Waals surface area contributed by atoms with Crippen molar-refractivity contribution in [1.82, 2.24) is 34.9 Å². The molecule has 0 bridgehead atoms. The van der Waals surface area contributed by atoms with Gasteiger partial charge in [-0.15, -0.1) is 11.8 Å². The lowest BCUT2D eigenvalue weighted by Gasteiger charge is -2.42. The first kappa shape index (κ1) is 46.6. The number of methoxy groups -OCH3 is 1. The lowest BCUT2D eigenvalue weighted by molar-refractivity contribution is -0.136. The number of anilines is 3. The maximum Gasteiger partial charge on any atom is 0.263 e. The van der Waals surface area contributed by atoms with Crippen molar-refractivity contribution in [2.45, 2.75) is 68.3 Å². The van der Waals surface area contributed by atoms with Crippen molar-refractivity contribution in [3.8, 4) is 5.75 Å². The molecule has 16 nitrogen and oxygen atoms in total. The van der Waals surface area contributed by atoms with Crippen molar-refractivity contribution in [1.29, 1.82) is 0 Å². The molecule has 8 rings (SSSR count). The van der Waals surface area contributed by atoms with E-state index < -0.39 is 35.5 Å². The number of rotatable bonds is 16. The van der Waals surface area contributed by atoms with Gasteiger partial charge in [-0.05, 0) is 87.3 Å². The average molecular weight is 940 g/mol. The van der Waals surface area contributed by atoms with Gasteiger partial charge in [0.2, 0.25) is 23.6 Å². The van der Waals surface area contributed by atoms with Crippen LogP contribution >= 0.6 is 23.4 Å². The van der Waals surface area contributed by atoms with Gasteiger partial charge in [-0.25, -0.2) is 14.4 Å². The van der Waals surface area contributed by atoms with Crippen LogP contribution < -0.4 is 20.7 Å². The van der Waals surface area contributed by atoms with Crippen molar-refractivity contribution in [3.63, 3.8) is 0 Å². The minimum Gasteiger partial charge on any atom is -0.494 e. The summed E-state index contributed by atoms with van der Waals surface area (Å²) in [5.74, 6) is -1.11. The van der Waals surface area contributed by atoms with Crippen molar-refractivity contribution in [3.05, 3.63) is 89.0 Å². The van der Waals surface area contributed by atoms with Crippen LogP contribution in [0.1, 0.15) is 72.1 Å². The van der Waals surface area contributed by atoms with Crippen molar-refractivity contribution in [2.24, 2.45) is 0 Å². The smallest absolute Gasteiger partial charge is 0.263 e. The second-order valence-corrected chi connectivity index (χ2v) is 18.2. The molecule has 3 aromatic carbocycles. The van der Waals surface area contributed by atoms with E-state index in [9.17, 15) is 33.2 Å². The summed E-state index contributed by atoms with van der Waals surface area (Å²) in [6.45, 7) is 5.57. The highest BCUT2D eigenvalue weighted by atomic mass is 35.5. The monoisotopic (exact) mass is 939 g/mol. The Hall–Kier alpha value is -5.95. The summed E-state index contributed by atoms with van der Waals surface area (Å²) in [4.78, 5) is 93.9. The zero-order valence-electron chi connectivity index (χ0n) is 36.5. The summed E-state index contributed by atoms with van der Waals surface area (Å²) in [5.41, 5.74) is 2.16. The number of halogens is 2. The van der Waals surface area contributed by atoms with Crippen LogP contribution in [0.25, 0.3) is 10.9 Å². The highest BCUT2D eigenvalue weighted by Gasteiger charge is 2.45. The third-order valence-electron chi connectivity index (χ3n) is 12.5. The summed E-state index contributed by atoms with van der Waals surface area (Å²) < 4.78 is 19.3. The molecule has 66 heavy (non-hydrogen) atoms. The van der Waals surface area contributed by atoms with E-state index in [4.69, 9.17) is 16.3 Å². The Bertz CT molecular complexity index is 2570. The summed E-state index contributed by atoms with van der Waals surface area (Å²) in [7, 11) is 1.52. The third-order valence-corrected chi connectivity index (χ3v) is 13.9. The van der Waals surface area contributed by atoms with Crippen LogP contribution in [-0.2, 0) is 19.2 Å². The standard InChI is InChI=1S/C47H51ClFN9O7S/c1-65-38-27-35-32(44(51-28-50-35)52-29-11-12-34(49)33(48)25-29)26-36(38)53-40(59)9-6-17-55-18-15-30(16-19-55)56-20-22-57(23-21-56)42(61)10-3-2-4-24-66-39-8-5-7-31-43(39)47(64)58(46(31)63)37-13-14-41(60)54-45(37)62/h5-9,11-12,25-28,30,37H,2-4,10,13-24H2,1H3,(H,53,59)(H,50,51,52)(H,54,60,62)/b9-6+. The molecule has 0 saturated carbocycles. The van der Waals surface area contributed by atoms with Gasteiger partial charge in [0.25, 0.3) is 11.8 Å². The normalized spacial score (nSPS) is 18.6. The molecule has 3 N–H and O–H groups in total. The number of carbonyl (C=O) groups excluding carboxylic acids is 6. The minimum absolute atomic E-state index is 0.0242. The molecule has 3 fully saturated rings. The second kappa shape index (κ2) is 21.1. The van der Waals surface area contributed by atoms with Crippen LogP contribution in [0.3, 0.4) is 0 Å². The molecule has 6 amide bonds. The number of likely N-dealkylation sites (tertiary alicyclic amines) is 1. The molecule has 4 aliphatic rings. The molecular weight excluding hydrogens is 889 g/mol. The summed E-state index contributed by atoms with van der Waals surface area (Å²) in [6.07, 6.45) is 9.94. The van der Waals surface area contributed by atoms with Gasteiger partial charge in [0.1, 0.15) is 29.8 Å². The maximum atomic E-state index is 13.7. The molecule has 3 saturated heterocycles. The van der Waals surface area contributed by atoms with Gasteiger partial charge in [0.05, 0.1) is 34.5 Å². The summed E-state index contributed by atoms with van der Waals surface area (Å²) in [6, 6.07) is 12.3. The van der Waals surface area contributed by atoms with Crippen molar-refractivity contribution in [2.75, 3.05) is 69.3 Å². The topological polar surface area (TPSA) is 186 Å². The number of amides is 6. The molecule has 19 heteroatoms. The van der Waals surface area contributed by atoms with E-state index in [2.05, 4.69) is 35.7 Å². The van der Waals surface area contributed by atoms with E-state index in [1.165, 1.54) is 43.4 Å². The number of fused-ring (bicyclic) bond motifs is 2. The first-order valence-corrected chi connectivity index (χ1v) is 23.6. The summed E-state index contributed by atoms with van der Waals surface area (Å²) >= 11 is 7.46. The van der Waals surface area contributed by atoms with Gasteiger partial charge < -0.3 is 20.3 Å². The van der Waals surface area contributed by atoms with Crippen LogP contribution in [0.2, 0.25) is 5.02 Å². The van der Waals surface area contributed by atoms with E-state index in [0.717, 1.165) is 63.2 Å². The van der Waals surface area contributed by atoms with Gasteiger partial charge in [0, 0.05) is 79.7 Å². The number of ether oxygens (including phenoxy) is 1. The predicted octanol–water partition coefficient (Wildman–Crippen LogP) is 6.03. The first-order valence-electron chi connectivity index (χ1n) is 22.2. The highest BCUT2D eigenvalue weighted by molar-refractivity contribution is 7.99. The molecule has 0 aliphatic carbocycles. The fourth-order valence-corrected chi connectivity index (χ4v) is 10.2. The van der Waals surface area contributed by atoms with Gasteiger partial charge in [-0.2, -0.15) is 0 Å². The van der Waals surface area contributed by atoms with Crippen molar-refractivity contribution >= 4 is 86.9 Å². The van der Waals surface area contributed by atoms with Gasteiger partial charge in [-0.3, -0.25) is 48.8 Å². The SMILES string of the molecule is COc1cc2ncnc(Nc3ccc(F)c(Cl)c3)c2cc1NC(=O)/C=C/CN1CCC(N2CCN(C(=O)CCCCCSc3cccc4c3C(=O)N(C3CCC(=O)NC3=O)C4=O)CC2)CC1. The number of thioether (sulfide) groups is 1. The number of hydrogen-bond donors (Lipinski definition) is 3. The van der Waals surface area contributed by atoms with E-state index in [0.29, 0.717) is 82.2 Å². The van der Waals surface area contributed by atoms with E-state index in [1.54, 1.807) is 30.3 Å². The molecule has 1 unspecified atom stereocenters. The molecular formula is C47H51ClFN9O7S. The van der Waals surface area contributed by atoms with Crippen LogP contribution in [0.15, 0.2) is 71.9 Å². The Labute approximate surface area is 390 Å². The fourth-order valence-electron chi connectivity index (χ4n) is 8.95. The zero-order valence-corrected chi connectivity index (χ0v) is 38.1. The van der Waals surface area contributed by atoms with Gasteiger partial charge in [-0.1, -0.05) is 30.2 Å². The molecule has 1 atom stereocenters.